The van der Waals surface area contributed by atoms with Crippen molar-refractivity contribution in [2.24, 2.45) is 0 Å². The lowest BCUT2D eigenvalue weighted by Crippen LogP contribution is -2.57. The monoisotopic (exact) mass is 405 g/mol. The van der Waals surface area contributed by atoms with Gasteiger partial charge in [-0.05, 0) is 31.2 Å². The molecule has 3 amide bonds. The second kappa shape index (κ2) is 11.5. The highest BCUT2D eigenvalue weighted by Crippen LogP contribution is 2.09. The normalized spacial score (nSPS) is 17.9. The summed E-state index contributed by atoms with van der Waals surface area (Å²) in [6, 6.07) is 8.05. The van der Waals surface area contributed by atoms with E-state index in [0.717, 1.165) is 12.0 Å². The molecule has 5 N–H and O–H groups in total. The van der Waals surface area contributed by atoms with E-state index in [2.05, 4.69) is 16.0 Å². The number of hydrogen-bond donors (Lipinski definition) is 5. The molecule has 0 radical (unpaired) electrons. The second-order valence-corrected chi connectivity index (χ2v) is 7.08. The van der Waals surface area contributed by atoms with E-state index >= 15 is 0 Å². The molecule has 1 aromatic rings. The zero-order valence-electron chi connectivity index (χ0n) is 16.5. The Bertz CT molecular complexity index is 688. The van der Waals surface area contributed by atoms with E-state index in [0.29, 0.717) is 19.3 Å². The summed E-state index contributed by atoms with van der Waals surface area (Å²) < 4.78 is 5.00. The van der Waals surface area contributed by atoms with Crippen LogP contribution in [-0.4, -0.2) is 66.6 Å². The van der Waals surface area contributed by atoms with E-state index in [1.54, 1.807) is 0 Å². The molecule has 0 aromatic heterocycles. The van der Waals surface area contributed by atoms with E-state index in [9.17, 15) is 24.4 Å². The number of methoxy groups -OCH3 is 1. The third kappa shape index (κ3) is 7.49. The molecule has 1 fully saturated rings. The predicted molar refractivity (Wildman–Crippen MR) is 106 cm³/mol. The van der Waals surface area contributed by atoms with Crippen LogP contribution in [0.25, 0.3) is 0 Å². The molecule has 2 rings (SSSR count). The Morgan fingerprint density at radius 1 is 1.28 bits per heavy atom. The average Bonchev–Trinajstić information content (AvgIpc) is 3.14. The zero-order chi connectivity index (χ0) is 21.2. The molecule has 0 saturated carbocycles. The molecule has 0 bridgehead atoms. The number of aryl methyl sites for hydroxylation is 1. The molecule has 3 atom stereocenters. The lowest BCUT2D eigenvalue weighted by Gasteiger charge is -2.23. The van der Waals surface area contributed by atoms with Crippen LogP contribution < -0.4 is 16.0 Å². The van der Waals surface area contributed by atoms with Crippen LogP contribution in [0.2, 0.25) is 0 Å². The van der Waals surface area contributed by atoms with Crippen LogP contribution in [0, 0.1) is 0 Å². The van der Waals surface area contributed by atoms with E-state index in [-0.39, 0.29) is 18.9 Å². The smallest absolute Gasteiger partial charge is 0.426 e. The molecule has 1 heterocycles. The molecule has 1 aliphatic heterocycles. The van der Waals surface area contributed by atoms with Gasteiger partial charge in [-0.25, -0.2) is 0 Å². The van der Waals surface area contributed by atoms with E-state index in [4.69, 9.17) is 4.74 Å². The number of nitrogens with one attached hydrogen (secondary N) is 3. The summed E-state index contributed by atoms with van der Waals surface area (Å²) in [5.74, 6) is -2.14. The van der Waals surface area contributed by atoms with E-state index in [1.807, 2.05) is 30.3 Å². The Balaban J connectivity index is 1.88. The van der Waals surface area contributed by atoms with Gasteiger partial charge in [0, 0.05) is 13.5 Å². The van der Waals surface area contributed by atoms with Crippen molar-refractivity contribution in [2.45, 2.75) is 50.1 Å². The first-order chi connectivity index (χ1) is 13.9. The fourth-order valence-corrected chi connectivity index (χ4v) is 3.18. The van der Waals surface area contributed by atoms with Gasteiger partial charge in [0.2, 0.25) is 17.7 Å². The first kappa shape index (κ1) is 22.9. The molecule has 1 saturated heterocycles. The van der Waals surface area contributed by atoms with Crippen LogP contribution in [0.1, 0.15) is 31.2 Å². The van der Waals surface area contributed by atoms with Gasteiger partial charge >= 0.3 is 7.12 Å². The highest BCUT2D eigenvalue weighted by atomic mass is 16.5. The minimum atomic E-state index is -1.73. The van der Waals surface area contributed by atoms with Crippen molar-refractivity contribution in [3.63, 3.8) is 0 Å². The lowest BCUT2D eigenvalue weighted by molar-refractivity contribution is -0.131. The van der Waals surface area contributed by atoms with Crippen LogP contribution in [-0.2, 0) is 25.5 Å². The van der Waals surface area contributed by atoms with Crippen molar-refractivity contribution >= 4 is 24.8 Å². The summed E-state index contributed by atoms with van der Waals surface area (Å²) in [5, 5.41) is 26.9. The Morgan fingerprint density at radius 2 is 2.00 bits per heavy atom. The summed E-state index contributed by atoms with van der Waals surface area (Å²) in [4.78, 5) is 36.1. The Kier molecular flexibility index (Phi) is 9.10. The summed E-state index contributed by atoms with van der Waals surface area (Å²) >= 11 is 0. The second-order valence-electron chi connectivity index (χ2n) is 7.08. The average molecular weight is 405 g/mol. The first-order valence-corrected chi connectivity index (χ1v) is 9.69. The molecule has 0 aliphatic carbocycles. The molecule has 158 valence electrons. The van der Waals surface area contributed by atoms with Gasteiger partial charge in [0.15, 0.2) is 0 Å². The molecule has 10 heteroatoms. The fourth-order valence-electron chi connectivity index (χ4n) is 3.18. The van der Waals surface area contributed by atoms with Crippen LogP contribution >= 0.6 is 0 Å². The highest BCUT2D eigenvalue weighted by Gasteiger charge is 2.32. The summed E-state index contributed by atoms with van der Waals surface area (Å²) in [6.07, 6.45) is 2.36. The maximum absolute atomic E-state index is 12.6. The summed E-state index contributed by atoms with van der Waals surface area (Å²) in [6.45, 7) is -0.0868. The van der Waals surface area contributed by atoms with Gasteiger partial charge in [-0.3, -0.25) is 14.4 Å². The maximum atomic E-state index is 12.6. The Labute approximate surface area is 170 Å². The van der Waals surface area contributed by atoms with Crippen LogP contribution in [0.3, 0.4) is 0 Å². The maximum Gasteiger partial charge on any atom is 0.475 e. The van der Waals surface area contributed by atoms with Crippen molar-refractivity contribution in [3.8, 4) is 0 Å². The number of carbonyl (C=O) groups excluding carboxylic acids is 3. The topological polar surface area (TPSA) is 137 Å². The van der Waals surface area contributed by atoms with Crippen LogP contribution in [0.4, 0.5) is 0 Å². The number of amides is 3. The minimum Gasteiger partial charge on any atom is -0.426 e. The van der Waals surface area contributed by atoms with Crippen molar-refractivity contribution < 1.29 is 29.2 Å². The number of ether oxygens (including phenoxy) is 1. The minimum absolute atomic E-state index is 0.0868. The molecule has 29 heavy (non-hydrogen) atoms. The van der Waals surface area contributed by atoms with Gasteiger partial charge in [0.25, 0.3) is 0 Å². The number of hydrogen-bond acceptors (Lipinski definition) is 6. The SMILES string of the molecule is COCC(NC(=O)[C@H]1CCC(=O)N1)C(=O)NC(CCCc1ccccc1)B(O)O. The third-order valence-electron chi connectivity index (χ3n) is 4.79. The fraction of sp³-hybridized carbons (Fsp3) is 0.526. The Morgan fingerprint density at radius 3 is 2.59 bits per heavy atom. The molecule has 9 nitrogen and oxygen atoms in total. The first-order valence-electron chi connectivity index (χ1n) is 9.69. The molecule has 1 aliphatic rings. The standard InChI is InChI=1S/C19H28BN3O6/c1-29-12-15(22-18(25)14-10-11-17(24)21-14)19(26)23-16(20(27)28)9-5-8-13-6-3-2-4-7-13/h2-4,6-7,14-16,27-28H,5,8-12H2,1H3,(H,21,24)(H,22,25)(H,23,26)/t14-,15?,16?/m1/s1. The number of rotatable bonds is 11. The Hall–Kier alpha value is -2.43. The quantitative estimate of drug-likeness (QED) is 0.297. The number of carbonyl (C=O) groups is 3. The van der Waals surface area contributed by atoms with Gasteiger partial charge in [-0.2, -0.15) is 0 Å². The van der Waals surface area contributed by atoms with Gasteiger partial charge in [0.1, 0.15) is 12.1 Å². The molecule has 2 unspecified atom stereocenters. The summed E-state index contributed by atoms with van der Waals surface area (Å²) in [5.41, 5.74) is 1.12. The van der Waals surface area contributed by atoms with Crippen molar-refractivity contribution in [1.29, 1.82) is 0 Å². The van der Waals surface area contributed by atoms with Gasteiger partial charge < -0.3 is 30.7 Å². The highest BCUT2D eigenvalue weighted by molar-refractivity contribution is 6.43. The molecule has 0 spiro atoms. The largest absolute Gasteiger partial charge is 0.475 e. The predicted octanol–water partition coefficient (Wildman–Crippen LogP) is -1.08. The van der Waals surface area contributed by atoms with Gasteiger partial charge in [-0.1, -0.05) is 30.3 Å². The van der Waals surface area contributed by atoms with Crippen molar-refractivity contribution in [1.82, 2.24) is 16.0 Å². The van der Waals surface area contributed by atoms with Gasteiger partial charge in [0.05, 0.1) is 12.5 Å². The molecule has 1 aromatic carbocycles. The summed E-state index contributed by atoms with van der Waals surface area (Å²) in [7, 11) is -0.343. The van der Waals surface area contributed by atoms with E-state index < -0.39 is 37.0 Å². The zero-order valence-corrected chi connectivity index (χ0v) is 16.5. The molecular formula is C19H28BN3O6. The number of benzene rings is 1. The van der Waals surface area contributed by atoms with Crippen LogP contribution in [0.15, 0.2) is 30.3 Å². The molecular weight excluding hydrogens is 377 g/mol. The van der Waals surface area contributed by atoms with Crippen molar-refractivity contribution in [3.05, 3.63) is 35.9 Å². The third-order valence-corrected chi connectivity index (χ3v) is 4.79. The van der Waals surface area contributed by atoms with Gasteiger partial charge in [-0.15, -0.1) is 0 Å². The van der Waals surface area contributed by atoms with Crippen molar-refractivity contribution in [2.75, 3.05) is 13.7 Å². The lowest BCUT2D eigenvalue weighted by atomic mass is 9.76. The van der Waals surface area contributed by atoms with E-state index in [1.165, 1.54) is 7.11 Å². The van der Waals surface area contributed by atoms with Crippen LogP contribution in [0.5, 0.6) is 0 Å².